The number of aryl methyl sites for hydroxylation is 2. The normalized spacial score (nSPS) is 14.9. The van der Waals surface area contributed by atoms with Crippen molar-refractivity contribution in [1.82, 2.24) is 9.80 Å². The Morgan fingerprint density at radius 3 is 2.62 bits per heavy atom. The predicted molar refractivity (Wildman–Crippen MR) is 103 cm³/mol. The maximum Gasteiger partial charge on any atom is 0.226 e. The molecular formula is C20H31N3O3. The first-order valence-corrected chi connectivity index (χ1v) is 9.45. The van der Waals surface area contributed by atoms with Gasteiger partial charge < -0.3 is 15.0 Å². The molecule has 6 heteroatoms. The summed E-state index contributed by atoms with van der Waals surface area (Å²) >= 11 is 0. The highest BCUT2D eigenvalue weighted by Crippen LogP contribution is 2.21. The van der Waals surface area contributed by atoms with Gasteiger partial charge in [-0.3, -0.25) is 14.5 Å². The molecule has 1 aliphatic rings. The average molecular weight is 361 g/mol. The lowest BCUT2D eigenvalue weighted by molar-refractivity contribution is -0.129. The third kappa shape index (κ3) is 6.11. The van der Waals surface area contributed by atoms with Crippen LogP contribution in [-0.2, 0) is 20.7 Å². The monoisotopic (exact) mass is 361 g/mol. The first-order chi connectivity index (χ1) is 12.5. The van der Waals surface area contributed by atoms with Crippen molar-refractivity contribution in [3.05, 3.63) is 29.3 Å². The number of amides is 2. The zero-order valence-corrected chi connectivity index (χ0v) is 16.2. The van der Waals surface area contributed by atoms with Gasteiger partial charge >= 0.3 is 0 Å². The number of para-hydroxylation sites is 1. The van der Waals surface area contributed by atoms with Gasteiger partial charge in [-0.2, -0.15) is 0 Å². The van der Waals surface area contributed by atoms with Crippen molar-refractivity contribution in [3.8, 4) is 0 Å². The van der Waals surface area contributed by atoms with Crippen LogP contribution in [0.15, 0.2) is 18.2 Å². The number of hydrogen-bond acceptors (Lipinski definition) is 4. The van der Waals surface area contributed by atoms with Gasteiger partial charge in [0.2, 0.25) is 11.8 Å². The van der Waals surface area contributed by atoms with E-state index in [2.05, 4.69) is 17.1 Å². The minimum absolute atomic E-state index is 0.0104. The molecule has 144 valence electrons. The summed E-state index contributed by atoms with van der Waals surface area (Å²) in [6, 6.07) is 6.04. The van der Waals surface area contributed by atoms with Crippen molar-refractivity contribution < 1.29 is 14.3 Å². The zero-order chi connectivity index (χ0) is 18.9. The number of carbonyl (C=O) groups is 2. The number of hydrogen-bond donors (Lipinski definition) is 1. The van der Waals surface area contributed by atoms with Crippen LogP contribution in [0.5, 0.6) is 0 Å². The van der Waals surface area contributed by atoms with Crippen molar-refractivity contribution in [2.24, 2.45) is 0 Å². The zero-order valence-electron chi connectivity index (χ0n) is 16.2. The lowest BCUT2D eigenvalue weighted by Crippen LogP contribution is -2.43. The number of morpholine rings is 1. The Kier molecular flexibility index (Phi) is 8.06. The van der Waals surface area contributed by atoms with E-state index in [1.165, 1.54) is 0 Å². The van der Waals surface area contributed by atoms with E-state index in [1.807, 2.05) is 25.1 Å². The van der Waals surface area contributed by atoms with E-state index in [-0.39, 0.29) is 11.8 Å². The molecule has 1 N–H and O–H groups in total. The van der Waals surface area contributed by atoms with Gasteiger partial charge in [0.25, 0.3) is 0 Å². The first-order valence-electron chi connectivity index (χ1n) is 9.45. The van der Waals surface area contributed by atoms with Gasteiger partial charge in [-0.25, -0.2) is 0 Å². The lowest BCUT2D eigenvalue weighted by Gasteiger charge is -2.29. The highest BCUT2D eigenvalue weighted by Gasteiger charge is 2.16. The number of nitrogens with one attached hydrogen (secondary N) is 1. The summed E-state index contributed by atoms with van der Waals surface area (Å²) in [6.07, 6.45) is 1.18. The number of benzene rings is 1. The Bertz CT molecular complexity index is 612. The highest BCUT2D eigenvalue weighted by molar-refractivity contribution is 5.92. The Morgan fingerprint density at radius 1 is 1.23 bits per heavy atom. The van der Waals surface area contributed by atoms with Crippen LogP contribution in [0.1, 0.15) is 31.4 Å². The molecule has 0 atom stereocenters. The Labute approximate surface area is 156 Å². The number of carbonyl (C=O) groups excluding carboxylic acids is 2. The smallest absolute Gasteiger partial charge is 0.226 e. The van der Waals surface area contributed by atoms with Crippen LogP contribution in [-0.4, -0.2) is 67.6 Å². The molecule has 0 saturated carbocycles. The second-order valence-electron chi connectivity index (χ2n) is 6.72. The van der Waals surface area contributed by atoms with Crippen LogP contribution >= 0.6 is 0 Å². The molecule has 2 rings (SSSR count). The van der Waals surface area contributed by atoms with Gasteiger partial charge in [0.05, 0.1) is 13.2 Å². The molecule has 1 heterocycles. The Morgan fingerprint density at radius 2 is 1.96 bits per heavy atom. The number of ether oxygens (including phenoxy) is 1. The van der Waals surface area contributed by atoms with Gasteiger partial charge in [0.1, 0.15) is 0 Å². The summed E-state index contributed by atoms with van der Waals surface area (Å²) in [7, 11) is 0. The molecule has 1 fully saturated rings. The minimum atomic E-state index is -0.0494. The van der Waals surface area contributed by atoms with E-state index in [0.717, 1.165) is 56.1 Å². The summed E-state index contributed by atoms with van der Waals surface area (Å²) in [5.41, 5.74) is 3.10. The van der Waals surface area contributed by atoms with Crippen molar-refractivity contribution in [1.29, 1.82) is 0 Å². The van der Waals surface area contributed by atoms with Crippen molar-refractivity contribution in [3.63, 3.8) is 0 Å². The average Bonchev–Trinajstić information content (AvgIpc) is 2.64. The summed E-state index contributed by atoms with van der Waals surface area (Å²) in [5, 5.41) is 3.03. The molecule has 0 aromatic heterocycles. The lowest BCUT2D eigenvalue weighted by atomic mass is 10.1. The van der Waals surface area contributed by atoms with Gasteiger partial charge in [0, 0.05) is 51.8 Å². The van der Waals surface area contributed by atoms with E-state index < -0.39 is 0 Å². The minimum Gasteiger partial charge on any atom is -0.379 e. The molecule has 26 heavy (non-hydrogen) atoms. The number of rotatable bonds is 8. The third-order valence-electron chi connectivity index (χ3n) is 4.85. The summed E-state index contributed by atoms with van der Waals surface area (Å²) < 4.78 is 5.34. The van der Waals surface area contributed by atoms with Crippen molar-refractivity contribution in [2.45, 2.75) is 33.6 Å². The maximum absolute atomic E-state index is 12.4. The van der Waals surface area contributed by atoms with Gasteiger partial charge in [-0.15, -0.1) is 0 Å². The molecule has 6 nitrogen and oxygen atoms in total. The second kappa shape index (κ2) is 10.3. The molecule has 0 radical (unpaired) electrons. The Balaban J connectivity index is 1.84. The van der Waals surface area contributed by atoms with E-state index in [9.17, 15) is 9.59 Å². The number of nitrogens with zero attached hydrogens (tertiary/aromatic N) is 2. The highest BCUT2D eigenvalue weighted by atomic mass is 16.5. The molecule has 0 spiro atoms. The van der Waals surface area contributed by atoms with E-state index in [1.54, 1.807) is 11.8 Å². The fraction of sp³-hybridized carbons (Fsp3) is 0.600. The fourth-order valence-corrected chi connectivity index (χ4v) is 3.15. The van der Waals surface area contributed by atoms with Crippen LogP contribution in [0, 0.1) is 6.92 Å². The molecular weight excluding hydrogens is 330 g/mol. The van der Waals surface area contributed by atoms with Crippen LogP contribution in [0.2, 0.25) is 0 Å². The van der Waals surface area contributed by atoms with Gasteiger partial charge in [-0.1, -0.05) is 25.1 Å². The Hall–Kier alpha value is -1.92. The van der Waals surface area contributed by atoms with Crippen LogP contribution in [0.25, 0.3) is 0 Å². The standard InChI is InChI=1S/C20H31N3O3/c1-4-18-7-5-6-16(2)20(18)21-19(25)8-9-23(17(3)24)11-10-22-12-14-26-15-13-22/h5-7H,4,8-15H2,1-3H3,(H,21,25). The van der Waals surface area contributed by atoms with Gasteiger partial charge in [-0.05, 0) is 24.5 Å². The topological polar surface area (TPSA) is 61.9 Å². The van der Waals surface area contributed by atoms with E-state index in [4.69, 9.17) is 4.74 Å². The summed E-state index contributed by atoms with van der Waals surface area (Å²) in [6.45, 7) is 10.9. The van der Waals surface area contributed by atoms with Crippen LogP contribution in [0.4, 0.5) is 5.69 Å². The molecule has 0 unspecified atom stereocenters. The predicted octanol–water partition coefficient (Wildman–Crippen LogP) is 2.07. The summed E-state index contributed by atoms with van der Waals surface area (Å²) in [5.74, 6) is -0.0391. The molecule has 0 aliphatic carbocycles. The van der Waals surface area contributed by atoms with E-state index >= 15 is 0 Å². The summed E-state index contributed by atoms with van der Waals surface area (Å²) in [4.78, 5) is 28.3. The van der Waals surface area contributed by atoms with Gasteiger partial charge in [0.15, 0.2) is 0 Å². The molecule has 1 aromatic carbocycles. The van der Waals surface area contributed by atoms with Crippen LogP contribution in [0.3, 0.4) is 0 Å². The molecule has 0 bridgehead atoms. The molecule has 1 aliphatic heterocycles. The second-order valence-corrected chi connectivity index (χ2v) is 6.72. The number of anilines is 1. The SMILES string of the molecule is CCc1cccc(C)c1NC(=O)CCN(CCN1CCOCC1)C(C)=O. The fourth-order valence-electron chi connectivity index (χ4n) is 3.15. The third-order valence-corrected chi connectivity index (χ3v) is 4.85. The molecule has 1 saturated heterocycles. The van der Waals surface area contributed by atoms with E-state index in [0.29, 0.717) is 19.5 Å². The quantitative estimate of drug-likeness (QED) is 0.770. The van der Waals surface area contributed by atoms with Crippen molar-refractivity contribution >= 4 is 17.5 Å². The molecule has 1 aromatic rings. The first kappa shape index (κ1) is 20.4. The molecule has 2 amide bonds. The van der Waals surface area contributed by atoms with Crippen molar-refractivity contribution in [2.75, 3.05) is 51.3 Å². The maximum atomic E-state index is 12.4. The largest absolute Gasteiger partial charge is 0.379 e. The van der Waals surface area contributed by atoms with Crippen LogP contribution < -0.4 is 5.32 Å².